The molecule has 0 amide bonds. The first-order valence-electron chi connectivity index (χ1n) is 22.8. The van der Waals surface area contributed by atoms with Crippen molar-refractivity contribution in [1.82, 2.24) is 4.90 Å². The molecule has 3 nitrogen and oxygen atoms in total. The molecule has 0 N–H and O–H groups in total. The summed E-state index contributed by atoms with van der Waals surface area (Å²) in [6.07, 6.45) is 36.9. The van der Waals surface area contributed by atoms with Crippen molar-refractivity contribution < 1.29 is 9.47 Å². The Morgan fingerprint density at radius 1 is 0.566 bits per heavy atom. The predicted octanol–water partition coefficient (Wildman–Crippen LogP) is 16.3. The molecule has 0 aromatic rings. The monoisotopic (exact) mass is 816 g/mol. The predicted molar refractivity (Wildman–Crippen MR) is 250 cm³/mol. The highest BCUT2D eigenvalue weighted by molar-refractivity contribution is 8.77. The van der Waals surface area contributed by atoms with Gasteiger partial charge in [-0.3, -0.25) is 0 Å². The maximum absolute atomic E-state index is 6.64. The summed E-state index contributed by atoms with van der Waals surface area (Å²) in [6.45, 7) is 18.8. The highest BCUT2D eigenvalue weighted by Gasteiger charge is 2.22. The van der Waals surface area contributed by atoms with Gasteiger partial charge in [0.15, 0.2) is 0 Å². The topological polar surface area (TPSA) is 21.7 Å². The molecule has 1 aliphatic rings. The van der Waals surface area contributed by atoms with Crippen molar-refractivity contribution in [3.63, 3.8) is 0 Å². The number of hydrogen-bond donors (Lipinski definition) is 0. The third kappa shape index (κ3) is 33.2. The van der Waals surface area contributed by atoms with Crippen molar-refractivity contribution in [1.29, 1.82) is 0 Å². The summed E-state index contributed by atoms with van der Waals surface area (Å²) in [6, 6.07) is 0. The molecule has 0 aromatic carbocycles. The van der Waals surface area contributed by atoms with Gasteiger partial charge in [-0.05, 0) is 116 Å². The van der Waals surface area contributed by atoms with Gasteiger partial charge in [0.05, 0.1) is 24.2 Å². The molecule has 1 aliphatic heterocycles. The fraction of sp³-hybridized carbons (Fsp3) is 0.913. The lowest BCUT2D eigenvalue weighted by Gasteiger charge is -2.32. The van der Waals surface area contributed by atoms with Gasteiger partial charge in [0.2, 0.25) is 0 Å². The van der Waals surface area contributed by atoms with Gasteiger partial charge in [0, 0.05) is 35.4 Å². The van der Waals surface area contributed by atoms with Gasteiger partial charge in [-0.25, -0.2) is 0 Å². The Balaban J connectivity index is 2.25. The molecule has 1 saturated heterocycles. The van der Waals surface area contributed by atoms with E-state index in [-0.39, 0.29) is 0 Å². The van der Waals surface area contributed by atoms with Crippen LogP contribution in [0, 0.1) is 11.8 Å². The minimum Gasteiger partial charge on any atom is -0.499 e. The smallest absolute Gasteiger partial charge is 0.0982 e. The summed E-state index contributed by atoms with van der Waals surface area (Å²) in [4.78, 5) is 2.44. The summed E-state index contributed by atoms with van der Waals surface area (Å²) in [5, 5.41) is 0. The summed E-state index contributed by atoms with van der Waals surface area (Å²) >= 11 is 0. The number of unbranched alkanes of at least 4 members (excludes halogenated alkanes) is 14. The van der Waals surface area contributed by atoms with E-state index in [1.807, 2.05) is 0 Å². The van der Waals surface area contributed by atoms with Crippen molar-refractivity contribution in [2.45, 2.75) is 207 Å². The second kappa shape index (κ2) is 39.3. The van der Waals surface area contributed by atoms with E-state index in [1.165, 1.54) is 209 Å². The Morgan fingerprint density at radius 3 is 1.53 bits per heavy atom. The molecule has 0 spiro atoms. The molecular formula is C46H89NO2S4. The van der Waals surface area contributed by atoms with Crippen LogP contribution >= 0.6 is 43.2 Å². The first-order chi connectivity index (χ1) is 26.0. The zero-order chi connectivity index (χ0) is 38.5. The third-order valence-electron chi connectivity index (χ3n) is 10.9. The third-order valence-corrected chi connectivity index (χ3v) is 16.1. The van der Waals surface area contributed by atoms with E-state index in [4.69, 9.17) is 9.47 Å². The fourth-order valence-electron chi connectivity index (χ4n) is 7.19. The summed E-state index contributed by atoms with van der Waals surface area (Å²) in [5.74, 6) is 8.64. The lowest BCUT2D eigenvalue weighted by Crippen LogP contribution is -2.31. The second-order valence-corrected chi connectivity index (χ2v) is 21.4. The first kappa shape index (κ1) is 51.5. The molecule has 1 heterocycles. The van der Waals surface area contributed by atoms with E-state index < -0.39 is 0 Å². The van der Waals surface area contributed by atoms with E-state index in [9.17, 15) is 0 Å². The van der Waals surface area contributed by atoms with Gasteiger partial charge < -0.3 is 14.4 Å². The SMILES string of the molecule is C=C(CCCCCCCCC(CCCCCCCCCC)OC(=C)C1CCN(C)CC1)OCCC(CCCSSCCCC)CCCSSCCCC. The maximum Gasteiger partial charge on any atom is 0.0982 e. The molecule has 0 aliphatic carbocycles. The Bertz CT molecular complexity index is 788. The number of nitrogens with zero attached hydrogens (tertiary/aromatic N) is 1. The maximum atomic E-state index is 6.64. The van der Waals surface area contributed by atoms with Crippen LogP contribution in [0.15, 0.2) is 24.7 Å². The molecule has 1 atom stereocenters. The molecule has 1 rings (SSSR count). The van der Waals surface area contributed by atoms with E-state index in [2.05, 4.69) is 89.1 Å². The lowest BCUT2D eigenvalue weighted by atomic mass is 9.95. The largest absolute Gasteiger partial charge is 0.499 e. The van der Waals surface area contributed by atoms with Crippen LogP contribution in [0.1, 0.15) is 201 Å². The number of likely N-dealkylation sites (tertiary alicyclic amines) is 1. The van der Waals surface area contributed by atoms with Crippen LogP contribution in [0.5, 0.6) is 0 Å². The van der Waals surface area contributed by atoms with E-state index in [0.717, 1.165) is 30.5 Å². The standard InChI is InChI=1S/C46H89NO2S4/c1-7-10-13-14-15-16-20-23-30-46(49-43(5)45-32-35-47(6)36-33-45)31-24-21-18-17-19-22-27-42(4)48-37-34-44(28-25-40-52-50-38-11-8-2)29-26-41-53-51-39-12-9-3/h44-46H,4-5,7-41H2,1-3,6H3. The number of ether oxygens (including phenoxy) is 2. The minimum absolute atomic E-state index is 0.365. The molecular weight excluding hydrogens is 727 g/mol. The quantitative estimate of drug-likeness (QED) is 0.0344. The van der Waals surface area contributed by atoms with E-state index in [0.29, 0.717) is 12.0 Å². The highest BCUT2D eigenvalue weighted by Crippen LogP contribution is 2.30. The number of piperidine rings is 1. The van der Waals surface area contributed by atoms with Crippen LogP contribution in [0.4, 0.5) is 0 Å². The van der Waals surface area contributed by atoms with Gasteiger partial charge in [0.25, 0.3) is 0 Å². The summed E-state index contributed by atoms with van der Waals surface area (Å²) in [5.41, 5.74) is 0. The molecule has 1 fully saturated rings. The van der Waals surface area contributed by atoms with Crippen LogP contribution in [-0.4, -0.2) is 60.8 Å². The summed E-state index contributed by atoms with van der Waals surface area (Å²) < 4.78 is 12.8. The average Bonchev–Trinajstić information content (AvgIpc) is 3.15. The Hall–Kier alpha value is 0.440. The number of rotatable bonds is 41. The van der Waals surface area contributed by atoms with E-state index in [1.54, 1.807) is 0 Å². The van der Waals surface area contributed by atoms with E-state index >= 15 is 0 Å². The minimum atomic E-state index is 0.365. The highest BCUT2D eigenvalue weighted by atomic mass is 33.1. The van der Waals surface area contributed by atoms with Crippen LogP contribution < -0.4 is 0 Å². The lowest BCUT2D eigenvalue weighted by molar-refractivity contribution is 0.0628. The van der Waals surface area contributed by atoms with Gasteiger partial charge in [-0.2, -0.15) is 0 Å². The van der Waals surface area contributed by atoms with Crippen molar-refractivity contribution in [2.75, 3.05) is 49.8 Å². The molecule has 7 heteroatoms. The van der Waals surface area contributed by atoms with Gasteiger partial charge in [-0.15, -0.1) is 0 Å². The van der Waals surface area contributed by atoms with Gasteiger partial charge in [0.1, 0.15) is 0 Å². The second-order valence-electron chi connectivity index (χ2n) is 16.0. The Morgan fingerprint density at radius 2 is 1.02 bits per heavy atom. The Labute approximate surface area is 348 Å². The molecule has 0 saturated carbocycles. The van der Waals surface area contributed by atoms with Gasteiger partial charge in [-0.1, -0.05) is 161 Å². The van der Waals surface area contributed by atoms with Crippen molar-refractivity contribution in [2.24, 2.45) is 11.8 Å². The van der Waals surface area contributed by atoms with Crippen molar-refractivity contribution >= 4 is 43.2 Å². The zero-order valence-electron chi connectivity index (χ0n) is 35.8. The normalized spacial score (nSPS) is 14.6. The van der Waals surface area contributed by atoms with Gasteiger partial charge >= 0.3 is 0 Å². The summed E-state index contributed by atoms with van der Waals surface area (Å²) in [7, 11) is 10.6. The first-order valence-corrected chi connectivity index (χ1v) is 27.8. The number of allylic oxidation sites excluding steroid dienone is 2. The van der Waals surface area contributed by atoms with Crippen molar-refractivity contribution in [3.05, 3.63) is 24.7 Å². The molecule has 0 aromatic heterocycles. The van der Waals surface area contributed by atoms with Crippen LogP contribution in [0.3, 0.4) is 0 Å². The zero-order valence-corrected chi connectivity index (χ0v) is 39.1. The number of hydrogen-bond acceptors (Lipinski definition) is 7. The average molecular weight is 816 g/mol. The van der Waals surface area contributed by atoms with Crippen LogP contribution in [-0.2, 0) is 9.47 Å². The Kier molecular flexibility index (Phi) is 38.1. The molecule has 1 unspecified atom stereocenters. The fourth-order valence-corrected chi connectivity index (χ4v) is 11.9. The molecule has 0 radical (unpaired) electrons. The molecule has 53 heavy (non-hydrogen) atoms. The van der Waals surface area contributed by atoms with Crippen molar-refractivity contribution in [3.8, 4) is 0 Å². The van der Waals surface area contributed by atoms with Crippen LogP contribution in [0.2, 0.25) is 0 Å². The molecule has 314 valence electrons. The van der Waals surface area contributed by atoms with Crippen LogP contribution in [0.25, 0.3) is 0 Å². The molecule has 0 bridgehead atoms.